The first-order chi connectivity index (χ1) is 6.68. The van der Waals surface area contributed by atoms with Crippen LogP contribution in [0.4, 0.5) is 0 Å². The summed E-state index contributed by atoms with van der Waals surface area (Å²) in [6, 6.07) is 3.77. The van der Waals surface area contributed by atoms with Crippen LogP contribution < -0.4 is 20.9 Å². The zero-order chi connectivity index (χ0) is 10.1. The predicted molar refractivity (Wildman–Crippen MR) is 53.3 cm³/mol. The van der Waals surface area contributed by atoms with Gasteiger partial charge in [-0.3, -0.25) is 0 Å². The minimum atomic E-state index is -0.467. The second kappa shape index (κ2) is 3.48. The van der Waals surface area contributed by atoms with Crippen molar-refractivity contribution in [3.63, 3.8) is 0 Å². The van der Waals surface area contributed by atoms with Gasteiger partial charge in [-0.15, -0.1) is 0 Å². The Morgan fingerprint density at radius 2 is 1.71 bits per heavy atom. The van der Waals surface area contributed by atoms with Gasteiger partial charge in [-0.25, -0.2) is 0 Å². The van der Waals surface area contributed by atoms with Gasteiger partial charge in [0.05, 0.1) is 6.17 Å². The Kier molecular flexibility index (Phi) is 2.31. The molecule has 14 heavy (non-hydrogen) atoms. The molecule has 0 atom stereocenters. The molecule has 1 aromatic carbocycles. The summed E-state index contributed by atoms with van der Waals surface area (Å²) in [6.07, 6.45) is -0.467. The van der Waals surface area contributed by atoms with Crippen LogP contribution in [-0.2, 0) is 0 Å². The van der Waals surface area contributed by atoms with Crippen molar-refractivity contribution >= 4 is 0 Å². The fourth-order valence-electron chi connectivity index (χ4n) is 1.57. The van der Waals surface area contributed by atoms with E-state index in [0.717, 1.165) is 22.6 Å². The number of ether oxygens (including phenoxy) is 2. The molecule has 0 aromatic heterocycles. The Morgan fingerprint density at radius 3 is 2.29 bits per heavy atom. The Bertz CT molecular complexity index is 350. The van der Waals surface area contributed by atoms with Crippen molar-refractivity contribution in [2.45, 2.75) is 13.1 Å². The van der Waals surface area contributed by atoms with Gasteiger partial charge in [0.1, 0.15) is 13.2 Å². The molecule has 0 spiro atoms. The van der Waals surface area contributed by atoms with E-state index in [9.17, 15) is 0 Å². The van der Waals surface area contributed by atoms with Crippen molar-refractivity contribution in [1.29, 1.82) is 0 Å². The number of hydrogen-bond acceptors (Lipinski definition) is 4. The van der Waals surface area contributed by atoms with Gasteiger partial charge in [0.15, 0.2) is 11.5 Å². The fraction of sp³-hybridized carbons (Fsp3) is 0.400. The molecule has 1 heterocycles. The smallest absolute Gasteiger partial charge is 0.161 e. The van der Waals surface area contributed by atoms with E-state index >= 15 is 0 Å². The van der Waals surface area contributed by atoms with Gasteiger partial charge in [-0.05, 0) is 30.2 Å². The lowest BCUT2D eigenvalue weighted by atomic mass is 10.1. The molecule has 1 aliphatic heterocycles. The van der Waals surface area contributed by atoms with E-state index in [1.54, 1.807) is 0 Å². The zero-order valence-electron chi connectivity index (χ0n) is 8.12. The highest BCUT2D eigenvalue weighted by Gasteiger charge is 2.15. The highest BCUT2D eigenvalue weighted by molar-refractivity contribution is 5.48. The second-order valence-corrected chi connectivity index (χ2v) is 3.38. The third kappa shape index (κ3) is 1.54. The largest absolute Gasteiger partial charge is 0.486 e. The minimum absolute atomic E-state index is 0.467. The van der Waals surface area contributed by atoms with E-state index in [0.29, 0.717) is 13.2 Å². The van der Waals surface area contributed by atoms with Crippen molar-refractivity contribution < 1.29 is 9.47 Å². The summed E-state index contributed by atoms with van der Waals surface area (Å²) in [7, 11) is 0. The first kappa shape index (κ1) is 9.30. The second-order valence-electron chi connectivity index (χ2n) is 3.38. The van der Waals surface area contributed by atoms with Gasteiger partial charge in [0, 0.05) is 0 Å². The Labute approximate surface area is 82.8 Å². The minimum Gasteiger partial charge on any atom is -0.486 e. The van der Waals surface area contributed by atoms with Crippen LogP contribution in [0.5, 0.6) is 11.5 Å². The Balaban J connectivity index is 2.45. The first-order valence-electron chi connectivity index (χ1n) is 4.60. The number of hydrogen-bond donors (Lipinski definition) is 2. The summed E-state index contributed by atoms with van der Waals surface area (Å²) in [6.45, 7) is 3.13. The van der Waals surface area contributed by atoms with Crippen molar-refractivity contribution in [3.8, 4) is 11.5 Å². The molecule has 0 aliphatic carbocycles. The topological polar surface area (TPSA) is 70.5 Å². The number of benzene rings is 1. The molecule has 0 bridgehead atoms. The quantitative estimate of drug-likeness (QED) is 0.645. The summed E-state index contributed by atoms with van der Waals surface area (Å²) in [5.74, 6) is 1.51. The normalized spacial score (nSPS) is 14.6. The number of fused-ring (bicyclic) bond motifs is 1. The molecule has 1 aromatic rings. The molecule has 1 aliphatic rings. The lowest BCUT2D eigenvalue weighted by Crippen LogP contribution is -2.22. The third-order valence-electron chi connectivity index (χ3n) is 2.29. The fourth-order valence-corrected chi connectivity index (χ4v) is 1.57. The molecule has 4 nitrogen and oxygen atoms in total. The van der Waals surface area contributed by atoms with Crippen LogP contribution in [0.15, 0.2) is 12.1 Å². The van der Waals surface area contributed by atoms with Crippen molar-refractivity contribution in [2.24, 2.45) is 11.5 Å². The van der Waals surface area contributed by atoms with Gasteiger partial charge in [-0.1, -0.05) is 0 Å². The zero-order valence-corrected chi connectivity index (χ0v) is 8.12. The predicted octanol–water partition coefficient (Wildman–Crippen LogP) is 0.682. The maximum atomic E-state index is 5.63. The molecule has 0 radical (unpaired) electrons. The van der Waals surface area contributed by atoms with Crippen molar-refractivity contribution in [1.82, 2.24) is 0 Å². The van der Waals surface area contributed by atoms with E-state index < -0.39 is 6.17 Å². The van der Waals surface area contributed by atoms with Crippen LogP contribution >= 0.6 is 0 Å². The summed E-state index contributed by atoms with van der Waals surface area (Å²) in [4.78, 5) is 0. The molecule has 4 heteroatoms. The highest BCUT2D eigenvalue weighted by Crippen LogP contribution is 2.33. The SMILES string of the molecule is Cc1cc2c(cc1C(N)N)OCCO2. The van der Waals surface area contributed by atoms with E-state index in [-0.39, 0.29) is 0 Å². The molecule has 0 unspecified atom stereocenters. The average molecular weight is 194 g/mol. The average Bonchev–Trinajstić information content (AvgIpc) is 2.16. The standard InChI is InChI=1S/C10H14N2O2/c1-6-4-8-9(14-3-2-13-8)5-7(6)10(11)12/h4-5,10H,2-3,11-12H2,1H3. The van der Waals surface area contributed by atoms with Crippen LogP contribution in [0, 0.1) is 6.92 Å². The van der Waals surface area contributed by atoms with Crippen LogP contribution in [0.3, 0.4) is 0 Å². The van der Waals surface area contributed by atoms with Crippen LogP contribution in [0.25, 0.3) is 0 Å². The maximum Gasteiger partial charge on any atom is 0.161 e. The lowest BCUT2D eigenvalue weighted by molar-refractivity contribution is 0.171. The number of rotatable bonds is 1. The summed E-state index contributed by atoms with van der Waals surface area (Å²) < 4.78 is 10.9. The molecule has 76 valence electrons. The summed E-state index contributed by atoms with van der Waals surface area (Å²) in [5, 5.41) is 0. The molecule has 0 fully saturated rings. The Morgan fingerprint density at radius 1 is 1.14 bits per heavy atom. The number of nitrogens with two attached hydrogens (primary N) is 2. The van der Waals surface area contributed by atoms with Gasteiger partial charge in [-0.2, -0.15) is 0 Å². The van der Waals surface area contributed by atoms with Gasteiger partial charge in [0.25, 0.3) is 0 Å². The number of aryl methyl sites for hydroxylation is 1. The lowest BCUT2D eigenvalue weighted by Gasteiger charge is -2.21. The molecule has 0 saturated carbocycles. The van der Waals surface area contributed by atoms with Crippen molar-refractivity contribution in [3.05, 3.63) is 23.3 Å². The monoisotopic (exact) mass is 194 g/mol. The Hall–Kier alpha value is -1.26. The van der Waals surface area contributed by atoms with Crippen molar-refractivity contribution in [2.75, 3.05) is 13.2 Å². The van der Waals surface area contributed by atoms with Gasteiger partial charge in [0.2, 0.25) is 0 Å². The van der Waals surface area contributed by atoms with Crippen LogP contribution in [0.2, 0.25) is 0 Å². The van der Waals surface area contributed by atoms with E-state index in [4.69, 9.17) is 20.9 Å². The molecular formula is C10H14N2O2. The summed E-state index contributed by atoms with van der Waals surface area (Å²) >= 11 is 0. The van der Waals surface area contributed by atoms with Crippen LogP contribution in [-0.4, -0.2) is 13.2 Å². The van der Waals surface area contributed by atoms with Gasteiger partial charge < -0.3 is 20.9 Å². The molecule has 4 N–H and O–H groups in total. The van der Waals surface area contributed by atoms with E-state index in [1.807, 2.05) is 19.1 Å². The van der Waals surface area contributed by atoms with Crippen LogP contribution in [0.1, 0.15) is 17.3 Å². The van der Waals surface area contributed by atoms with Gasteiger partial charge >= 0.3 is 0 Å². The molecule has 0 saturated heterocycles. The highest BCUT2D eigenvalue weighted by atomic mass is 16.6. The van der Waals surface area contributed by atoms with E-state index in [2.05, 4.69) is 0 Å². The maximum absolute atomic E-state index is 5.63. The molecular weight excluding hydrogens is 180 g/mol. The third-order valence-corrected chi connectivity index (χ3v) is 2.29. The van der Waals surface area contributed by atoms with E-state index in [1.165, 1.54) is 0 Å². The molecule has 0 amide bonds. The summed E-state index contributed by atoms with van der Waals surface area (Å²) in [5.41, 5.74) is 13.2. The first-order valence-corrected chi connectivity index (χ1v) is 4.60. The molecule has 2 rings (SSSR count).